The Morgan fingerprint density at radius 3 is 2.64 bits per heavy atom. The van der Waals surface area contributed by atoms with Crippen LogP contribution in [0.3, 0.4) is 0 Å². The molecule has 0 saturated carbocycles. The van der Waals surface area contributed by atoms with E-state index in [9.17, 15) is 10.1 Å². The van der Waals surface area contributed by atoms with Gasteiger partial charge in [-0.2, -0.15) is 5.26 Å². The smallest absolute Gasteiger partial charge is 0.266 e. The summed E-state index contributed by atoms with van der Waals surface area (Å²) < 4.78 is 10.8. The molecule has 0 aliphatic carbocycles. The number of ether oxygens (including phenoxy) is 2. The fourth-order valence-electron chi connectivity index (χ4n) is 2.08. The number of rotatable bonds is 7. The zero-order valence-corrected chi connectivity index (χ0v) is 13.9. The van der Waals surface area contributed by atoms with Crippen molar-refractivity contribution >= 4 is 17.7 Å². The quantitative estimate of drug-likeness (QED) is 0.475. The maximum absolute atomic E-state index is 12.2. The predicted octanol–water partition coefficient (Wildman–Crippen LogP) is 3.81. The summed E-state index contributed by atoms with van der Waals surface area (Å²) >= 11 is 0. The van der Waals surface area contributed by atoms with E-state index in [-0.39, 0.29) is 5.57 Å². The van der Waals surface area contributed by atoms with E-state index in [2.05, 4.69) is 11.9 Å². The zero-order valence-electron chi connectivity index (χ0n) is 13.9. The summed E-state index contributed by atoms with van der Waals surface area (Å²) in [7, 11) is 1.52. The third-order valence-corrected chi connectivity index (χ3v) is 3.25. The average molecular weight is 334 g/mol. The van der Waals surface area contributed by atoms with Crippen molar-refractivity contribution in [2.45, 2.75) is 0 Å². The summed E-state index contributed by atoms with van der Waals surface area (Å²) in [4.78, 5) is 12.2. The summed E-state index contributed by atoms with van der Waals surface area (Å²) in [6, 6.07) is 16.0. The third-order valence-electron chi connectivity index (χ3n) is 3.25. The minimum Gasteiger partial charge on any atom is -0.493 e. The van der Waals surface area contributed by atoms with E-state index in [1.807, 2.05) is 12.1 Å². The Labute approximate surface area is 146 Å². The molecule has 0 unspecified atom stereocenters. The highest BCUT2D eigenvalue weighted by atomic mass is 16.5. The lowest BCUT2D eigenvalue weighted by Crippen LogP contribution is -2.13. The highest BCUT2D eigenvalue weighted by Crippen LogP contribution is 2.29. The van der Waals surface area contributed by atoms with Crippen molar-refractivity contribution in [2.75, 3.05) is 19.0 Å². The van der Waals surface area contributed by atoms with Crippen molar-refractivity contribution in [1.82, 2.24) is 0 Å². The van der Waals surface area contributed by atoms with Crippen molar-refractivity contribution in [3.63, 3.8) is 0 Å². The van der Waals surface area contributed by atoms with Gasteiger partial charge in [0.05, 0.1) is 7.11 Å². The summed E-state index contributed by atoms with van der Waals surface area (Å²) in [6.45, 7) is 3.95. The van der Waals surface area contributed by atoms with Crippen molar-refractivity contribution in [3.8, 4) is 17.6 Å². The molecule has 5 heteroatoms. The molecule has 0 saturated heterocycles. The van der Waals surface area contributed by atoms with Gasteiger partial charge in [-0.1, -0.05) is 36.9 Å². The van der Waals surface area contributed by atoms with Crippen molar-refractivity contribution in [3.05, 3.63) is 72.3 Å². The standard InChI is InChI=1S/C20H18N2O3/c1-3-11-25-18-10-9-15(13-19(18)24-2)12-16(14-21)20(23)22-17-7-5-4-6-8-17/h3-10,12-13H,1,11H2,2H3,(H,22,23)/b16-12-. The summed E-state index contributed by atoms with van der Waals surface area (Å²) in [5.41, 5.74) is 1.27. The van der Waals surface area contributed by atoms with Crippen LogP contribution in [0.25, 0.3) is 6.08 Å². The minimum atomic E-state index is -0.473. The second-order valence-corrected chi connectivity index (χ2v) is 5.00. The van der Waals surface area contributed by atoms with Crippen LogP contribution in [-0.2, 0) is 4.79 Å². The predicted molar refractivity (Wildman–Crippen MR) is 97.3 cm³/mol. The first-order valence-electron chi connectivity index (χ1n) is 7.58. The zero-order chi connectivity index (χ0) is 18.1. The molecule has 0 bridgehead atoms. The highest BCUT2D eigenvalue weighted by molar-refractivity contribution is 6.09. The topological polar surface area (TPSA) is 71.3 Å². The number of nitriles is 1. The number of amides is 1. The molecule has 25 heavy (non-hydrogen) atoms. The molecule has 126 valence electrons. The molecular formula is C20H18N2O3. The minimum absolute atomic E-state index is 0.00864. The molecular weight excluding hydrogens is 316 g/mol. The van der Waals surface area contributed by atoms with Gasteiger partial charge in [-0.25, -0.2) is 0 Å². The summed E-state index contributed by atoms with van der Waals surface area (Å²) in [5.74, 6) is 0.600. The second kappa shape index (κ2) is 8.94. The Balaban J connectivity index is 2.22. The first-order valence-corrected chi connectivity index (χ1v) is 7.58. The second-order valence-electron chi connectivity index (χ2n) is 5.00. The van der Waals surface area contributed by atoms with Gasteiger partial charge >= 0.3 is 0 Å². The van der Waals surface area contributed by atoms with Crippen LogP contribution in [0.2, 0.25) is 0 Å². The Bertz CT molecular complexity index is 821. The number of carbonyl (C=O) groups excluding carboxylic acids is 1. The molecule has 0 radical (unpaired) electrons. The molecule has 0 aliphatic heterocycles. The van der Waals surface area contributed by atoms with E-state index in [4.69, 9.17) is 9.47 Å². The number of benzene rings is 2. The van der Waals surface area contributed by atoms with Crippen molar-refractivity contribution < 1.29 is 14.3 Å². The van der Waals surface area contributed by atoms with Gasteiger partial charge < -0.3 is 14.8 Å². The van der Waals surface area contributed by atoms with Gasteiger partial charge in [0.2, 0.25) is 0 Å². The van der Waals surface area contributed by atoms with Crippen LogP contribution in [0.4, 0.5) is 5.69 Å². The Morgan fingerprint density at radius 2 is 2.00 bits per heavy atom. The molecule has 5 nitrogen and oxygen atoms in total. The number of para-hydroxylation sites is 1. The molecule has 2 rings (SSSR count). The SMILES string of the molecule is C=CCOc1ccc(/C=C(/C#N)C(=O)Nc2ccccc2)cc1OC. The number of carbonyl (C=O) groups is 1. The van der Waals surface area contributed by atoms with Crippen LogP contribution in [0.1, 0.15) is 5.56 Å². The number of hydrogen-bond acceptors (Lipinski definition) is 4. The Morgan fingerprint density at radius 1 is 1.24 bits per heavy atom. The van der Waals surface area contributed by atoms with Crippen molar-refractivity contribution in [2.24, 2.45) is 0 Å². The Hall–Kier alpha value is -3.52. The van der Waals surface area contributed by atoms with E-state index in [1.165, 1.54) is 13.2 Å². The van der Waals surface area contributed by atoms with Gasteiger partial charge in [0.1, 0.15) is 18.2 Å². The first-order chi connectivity index (χ1) is 12.2. The first kappa shape index (κ1) is 17.8. The maximum atomic E-state index is 12.2. The van der Waals surface area contributed by atoms with Gasteiger partial charge in [0, 0.05) is 5.69 Å². The van der Waals surface area contributed by atoms with E-state index >= 15 is 0 Å². The molecule has 1 amide bonds. The van der Waals surface area contributed by atoms with E-state index in [0.717, 1.165) is 0 Å². The molecule has 0 atom stereocenters. The third kappa shape index (κ3) is 4.98. The summed E-state index contributed by atoms with van der Waals surface area (Å²) in [5, 5.41) is 12.0. The fourth-order valence-corrected chi connectivity index (χ4v) is 2.08. The molecule has 1 N–H and O–H groups in total. The van der Waals surface area contributed by atoms with E-state index in [1.54, 1.807) is 48.5 Å². The van der Waals surface area contributed by atoms with Crippen LogP contribution >= 0.6 is 0 Å². The number of nitrogens with one attached hydrogen (secondary N) is 1. The number of anilines is 1. The fraction of sp³-hybridized carbons (Fsp3) is 0.100. The highest BCUT2D eigenvalue weighted by Gasteiger charge is 2.11. The lowest BCUT2D eigenvalue weighted by Gasteiger charge is -2.10. The van der Waals surface area contributed by atoms with E-state index < -0.39 is 5.91 Å². The molecule has 0 heterocycles. The molecule has 0 aromatic heterocycles. The molecule has 2 aromatic rings. The molecule has 0 aliphatic rings. The van der Waals surface area contributed by atoms with Crippen LogP contribution < -0.4 is 14.8 Å². The van der Waals surface area contributed by atoms with Crippen molar-refractivity contribution in [1.29, 1.82) is 5.26 Å². The molecule has 0 fully saturated rings. The largest absolute Gasteiger partial charge is 0.493 e. The number of nitrogens with zero attached hydrogens (tertiary/aromatic N) is 1. The van der Waals surface area contributed by atoms with Gasteiger partial charge in [-0.05, 0) is 35.9 Å². The number of methoxy groups -OCH3 is 1. The van der Waals surface area contributed by atoms with E-state index in [0.29, 0.717) is 29.4 Å². The normalized spacial score (nSPS) is 10.5. The van der Waals surface area contributed by atoms with Gasteiger partial charge in [-0.15, -0.1) is 0 Å². The number of hydrogen-bond donors (Lipinski definition) is 1. The van der Waals surface area contributed by atoms with Crippen LogP contribution in [0, 0.1) is 11.3 Å². The lowest BCUT2D eigenvalue weighted by atomic mass is 10.1. The lowest BCUT2D eigenvalue weighted by molar-refractivity contribution is -0.112. The maximum Gasteiger partial charge on any atom is 0.266 e. The van der Waals surface area contributed by atoms with Gasteiger partial charge in [0.25, 0.3) is 5.91 Å². The van der Waals surface area contributed by atoms with Gasteiger partial charge in [0.15, 0.2) is 11.5 Å². The summed E-state index contributed by atoms with van der Waals surface area (Å²) in [6.07, 6.45) is 3.13. The van der Waals surface area contributed by atoms with Crippen LogP contribution in [0.15, 0.2) is 66.8 Å². The van der Waals surface area contributed by atoms with Gasteiger partial charge in [-0.3, -0.25) is 4.79 Å². The Kier molecular flexibility index (Phi) is 6.38. The van der Waals surface area contributed by atoms with Crippen LogP contribution in [0.5, 0.6) is 11.5 Å². The molecule has 2 aromatic carbocycles. The average Bonchev–Trinajstić information content (AvgIpc) is 2.65. The molecule has 0 spiro atoms. The van der Waals surface area contributed by atoms with Crippen LogP contribution in [-0.4, -0.2) is 19.6 Å². The monoisotopic (exact) mass is 334 g/mol.